The molecule has 12 heteroatoms. The Labute approximate surface area is 186 Å². The van der Waals surface area contributed by atoms with Crippen molar-refractivity contribution in [1.29, 1.82) is 0 Å². The summed E-state index contributed by atoms with van der Waals surface area (Å²) in [6.07, 6.45) is 5.17. The Morgan fingerprint density at radius 2 is 2.07 bits per heavy atom. The Hall–Kier alpha value is -1.52. The lowest BCUT2D eigenvalue weighted by molar-refractivity contribution is 0.131. The first-order chi connectivity index (χ1) is 14.2. The van der Waals surface area contributed by atoms with Crippen LogP contribution in [0.3, 0.4) is 0 Å². The van der Waals surface area contributed by atoms with E-state index in [0.717, 1.165) is 37.4 Å². The third-order valence-electron chi connectivity index (χ3n) is 5.94. The van der Waals surface area contributed by atoms with E-state index in [1.54, 1.807) is 34.2 Å². The highest BCUT2D eigenvalue weighted by molar-refractivity contribution is 7.99. The number of piperidine rings is 1. The Kier molecular flexibility index (Phi) is 5.93. The van der Waals surface area contributed by atoms with Crippen molar-refractivity contribution < 1.29 is 9.84 Å². The zero-order chi connectivity index (χ0) is 21.5. The fourth-order valence-corrected chi connectivity index (χ4v) is 5.06. The van der Waals surface area contributed by atoms with Gasteiger partial charge < -0.3 is 26.2 Å². The van der Waals surface area contributed by atoms with Crippen LogP contribution in [-0.4, -0.2) is 68.1 Å². The summed E-state index contributed by atoms with van der Waals surface area (Å²) in [5.74, 6) is 0.972. The first-order valence-electron chi connectivity index (χ1n) is 9.96. The minimum Gasteiger partial charge on any atom is -0.402 e. The molecule has 0 aromatic carbocycles. The van der Waals surface area contributed by atoms with E-state index in [2.05, 4.69) is 14.9 Å². The summed E-state index contributed by atoms with van der Waals surface area (Å²) in [6.45, 7) is 2.95. The van der Waals surface area contributed by atoms with E-state index in [0.29, 0.717) is 28.2 Å². The molecule has 2 fully saturated rings. The van der Waals surface area contributed by atoms with Crippen molar-refractivity contribution in [1.82, 2.24) is 15.0 Å². The SMILES string of the molecule is BC(B)(O)c1nc(Sc2ccnc(N)c2Cl)cnc1N1CCC2(CC1)COC[C@H]2N. The number of ether oxygens (including phenoxy) is 1. The Morgan fingerprint density at radius 1 is 1.33 bits per heavy atom. The number of nitrogens with zero attached hydrogens (tertiary/aromatic N) is 4. The van der Waals surface area contributed by atoms with E-state index in [9.17, 15) is 5.11 Å². The number of pyridine rings is 1. The average molecular weight is 447 g/mol. The molecule has 0 amide bonds. The van der Waals surface area contributed by atoms with Gasteiger partial charge in [0.25, 0.3) is 0 Å². The standard InChI is InChI=1S/C18H25B2ClN6O2S/c19-18(20,28)14-16(27-5-2-17(3-6-27)9-29-8-11(17)22)25-7-12(26-14)30-10-1-4-24-15(23)13(10)21/h1,4,7,11,28H,2-3,5-6,8-9,19-20,22H2,(H2,23,24)/t11-/m1/s1. The van der Waals surface area contributed by atoms with E-state index < -0.39 is 5.40 Å². The highest BCUT2D eigenvalue weighted by Gasteiger charge is 2.44. The zero-order valence-electron chi connectivity index (χ0n) is 17.1. The van der Waals surface area contributed by atoms with Gasteiger partial charge in [0, 0.05) is 41.0 Å². The number of hydrogen-bond donors (Lipinski definition) is 3. The van der Waals surface area contributed by atoms with Crippen molar-refractivity contribution in [3.63, 3.8) is 0 Å². The van der Waals surface area contributed by atoms with E-state index in [1.807, 2.05) is 0 Å². The third-order valence-corrected chi connectivity index (χ3v) is 7.41. The van der Waals surface area contributed by atoms with E-state index in [4.69, 9.17) is 32.8 Å². The molecule has 4 rings (SSSR count). The molecule has 1 atom stereocenters. The summed E-state index contributed by atoms with van der Waals surface area (Å²) < 4.78 is 5.62. The van der Waals surface area contributed by atoms with Crippen LogP contribution in [-0.2, 0) is 10.1 Å². The Bertz CT molecular complexity index is 939. The van der Waals surface area contributed by atoms with Gasteiger partial charge in [-0.2, -0.15) is 0 Å². The molecular weight excluding hydrogens is 421 g/mol. The highest BCUT2D eigenvalue weighted by Crippen LogP contribution is 2.41. The maximum Gasteiger partial charge on any atom is 0.151 e. The molecule has 2 aliphatic rings. The molecule has 0 saturated carbocycles. The topological polar surface area (TPSA) is 123 Å². The number of rotatable bonds is 4. The van der Waals surface area contributed by atoms with Crippen LogP contribution in [0.25, 0.3) is 0 Å². The van der Waals surface area contributed by atoms with Gasteiger partial charge in [0.2, 0.25) is 0 Å². The maximum absolute atomic E-state index is 10.8. The van der Waals surface area contributed by atoms with Gasteiger partial charge in [-0.15, -0.1) is 0 Å². The lowest BCUT2D eigenvalue weighted by atomic mass is 9.63. The fraction of sp³-hybridized carbons (Fsp3) is 0.500. The molecule has 0 bridgehead atoms. The number of halogens is 1. The summed E-state index contributed by atoms with van der Waals surface area (Å²) in [7, 11) is 3.44. The molecule has 1 spiro atoms. The maximum atomic E-state index is 10.8. The van der Waals surface area contributed by atoms with Crippen LogP contribution in [0.4, 0.5) is 11.6 Å². The van der Waals surface area contributed by atoms with Gasteiger partial charge >= 0.3 is 0 Å². The summed E-state index contributed by atoms with van der Waals surface area (Å²) in [6, 6.07) is 1.86. The fourth-order valence-electron chi connectivity index (χ4n) is 4.04. The molecule has 4 heterocycles. The van der Waals surface area contributed by atoms with Crippen LogP contribution < -0.4 is 16.4 Å². The van der Waals surface area contributed by atoms with Gasteiger partial charge in [0.05, 0.1) is 30.1 Å². The van der Waals surface area contributed by atoms with Crippen molar-refractivity contribution >= 4 is 50.7 Å². The summed E-state index contributed by atoms with van der Waals surface area (Å²) in [5.41, 5.74) is 12.7. The number of nitrogens with two attached hydrogens (primary N) is 2. The molecule has 0 unspecified atom stereocenters. The first-order valence-corrected chi connectivity index (χ1v) is 11.1. The molecule has 2 saturated heterocycles. The predicted octanol–water partition coefficient (Wildman–Crippen LogP) is -0.429. The highest BCUT2D eigenvalue weighted by atomic mass is 35.5. The normalized spacial score (nSPS) is 21.3. The van der Waals surface area contributed by atoms with Gasteiger partial charge in [-0.25, -0.2) is 15.0 Å². The van der Waals surface area contributed by atoms with Crippen molar-refractivity contribution in [3.05, 3.63) is 29.2 Å². The molecule has 158 valence electrons. The molecule has 5 N–H and O–H groups in total. The molecule has 0 radical (unpaired) electrons. The number of hydrogen-bond acceptors (Lipinski definition) is 9. The second kappa shape index (κ2) is 8.20. The molecule has 30 heavy (non-hydrogen) atoms. The number of nitrogen functional groups attached to an aromatic ring is 1. The average Bonchev–Trinajstić information content (AvgIpc) is 3.05. The first kappa shape index (κ1) is 21.7. The van der Waals surface area contributed by atoms with Gasteiger partial charge in [-0.05, 0) is 18.9 Å². The lowest BCUT2D eigenvalue weighted by Gasteiger charge is -2.42. The van der Waals surface area contributed by atoms with E-state index in [1.165, 1.54) is 11.8 Å². The monoisotopic (exact) mass is 446 g/mol. The van der Waals surface area contributed by atoms with E-state index >= 15 is 0 Å². The van der Waals surface area contributed by atoms with Gasteiger partial charge in [-0.3, -0.25) is 0 Å². The summed E-state index contributed by atoms with van der Waals surface area (Å²) in [4.78, 5) is 16.3. The minimum absolute atomic E-state index is 0.0483. The molecule has 2 aromatic rings. The second-order valence-corrected chi connectivity index (χ2v) is 9.96. The molecule has 8 nitrogen and oxygen atoms in total. The third kappa shape index (κ3) is 4.13. The van der Waals surface area contributed by atoms with Crippen LogP contribution in [0.5, 0.6) is 0 Å². The largest absolute Gasteiger partial charge is 0.402 e. The van der Waals surface area contributed by atoms with Crippen LogP contribution in [0.1, 0.15) is 18.5 Å². The van der Waals surface area contributed by atoms with E-state index in [-0.39, 0.29) is 17.3 Å². The van der Waals surface area contributed by atoms with Crippen molar-refractivity contribution in [2.24, 2.45) is 11.1 Å². The molecular formula is C18H25B2ClN6O2S. The second-order valence-electron chi connectivity index (χ2n) is 8.52. The minimum atomic E-state index is -1.15. The summed E-state index contributed by atoms with van der Waals surface area (Å²) >= 11 is 7.60. The Balaban J connectivity index is 1.59. The predicted molar refractivity (Wildman–Crippen MR) is 123 cm³/mol. The van der Waals surface area contributed by atoms with Crippen molar-refractivity contribution in [3.8, 4) is 0 Å². The van der Waals surface area contributed by atoms with Crippen LogP contribution >= 0.6 is 23.4 Å². The van der Waals surface area contributed by atoms with Gasteiger partial charge in [0.15, 0.2) is 5.82 Å². The number of anilines is 2. The lowest BCUT2D eigenvalue weighted by Crippen LogP contribution is -2.50. The van der Waals surface area contributed by atoms with Crippen LogP contribution in [0.15, 0.2) is 28.4 Å². The van der Waals surface area contributed by atoms with Crippen molar-refractivity contribution in [2.75, 3.05) is 36.9 Å². The molecule has 0 aliphatic carbocycles. The zero-order valence-corrected chi connectivity index (χ0v) is 18.7. The molecule has 2 aromatic heterocycles. The summed E-state index contributed by atoms with van der Waals surface area (Å²) in [5, 5.41) is 10.7. The van der Waals surface area contributed by atoms with Gasteiger partial charge in [0.1, 0.15) is 26.5 Å². The van der Waals surface area contributed by atoms with Crippen LogP contribution in [0.2, 0.25) is 5.02 Å². The smallest absolute Gasteiger partial charge is 0.151 e. The van der Waals surface area contributed by atoms with Crippen LogP contribution in [0, 0.1) is 5.41 Å². The number of aromatic nitrogens is 3. The Morgan fingerprint density at radius 3 is 2.70 bits per heavy atom. The van der Waals surface area contributed by atoms with Gasteiger partial charge in [-0.1, -0.05) is 23.4 Å². The quantitative estimate of drug-likeness (QED) is 0.537. The van der Waals surface area contributed by atoms with Crippen molar-refractivity contribution in [2.45, 2.75) is 34.2 Å². The molecule has 2 aliphatic heterocycles. The number of aliphatic hydroxyl groups is 1.